The normalized spacial score (nSPS) is 12.1. The highest BCUT2D eigenvalue weighted by molar-refractivity contribution is 5.82. The fraction of sp³-hybridized carbons (Fsp3) is 0.115. The van der Waals surface area contributed by atoms with Crippen LogP contribution in [-0.4, -0.2) is 19.6 Å². The molecule has 0 fully saturated rings. The minimum absolute atomic E-state index is 0.139. The van der Waals surface area contributed by atoms with Crippen molar-refractivity contribution in [2.75, 3.05) is 5.32 Å². The second kappa shape index (κ2) is 8.03. The fourth-order valence-electron chi connectivity index (χ4n) is 3.85. The minimum atomic E-state index is 0.139. The first-order valence-corrected chi connectivity index (χ1v) is 10.4. The summed E-state index contributed by atoms with van der Waals surface area (Å²) in [5, 5.41) is 8.09. The maximum absolute atomic E-state index is 4.90. The Morgan fingerprint density at radius 1 is 0.839 bits per heavy atom. The van der Waals surface area contributed by atoms with Gasteiger partial charge in [0.05, 0.1) is 5.69 Å². The molecule has 2 aromatic carbocycles. The number of anilines is 1. The standard InChI is InChI=1S/C26H23N5/c1-18-8-6-11-21(16-18)25-26(31-24(30-25)12-7-14-28-31)22-13-15-27-23(17-22)29-19(2)20-9-4-3-5-10-20/h3-17,19H,1-2H3,(H,27,29)/t19-/m1/s1. The first-order valence-electron chi connectivity index (χ1n) is 10.4. The molecule has 0 saturated heterocycles. The van der Waals surface area contributed by atoms with E-state index in [4.69, 9.17) is 4.98 Å². The van der Waals surface area contributed by atoms with E-state index in [-0.39, 0.29) is 6.04 Å². The number of pyridine rings is 1. The van der Waals surface area contributed by atoms with E-state index >= 15 is 0 Å². The van der Waals surface area contributed by atoms with Crippen molar-refractivity contribution < 1.29 is 0 Å². The topological polar surface area (TPSA) is 55.1 Å². The van der Waals surface area contributed by atoms with Crippen molar-refractivity contribution in [1.82, 2.24) is 19.6 Å². The molecule has 0 aliphatic heterocycles. The zero-order chi connectivity index (χ0) is 21.2. The monoisotopic (exact) mass is 405 g/mol. The van der Waals surface area contributed by atoms with Gasteiger partial charge in [0.2, 0.25) is 0 Å². The largest absolute Gasteiger partial charge is 0.364 e. The number of nitrogens with zero attached hydrogens (tertiary/aromatic N) is 4. The van der Waals surface area contributed by atoms with Crippen LogP contribution in [0.5, 0.6) is 0 Å². The van der Waals surface area contributed by atoms with Gasteiger partial charge in [0.15, 0.2) is 5.65 Å². The van der Waals surface area contributed by atoms with Gasteiger partial charge in [0, 0.05) is 29.6 Å². The molecule has 152 valence electrons. The molecule has 0 bridgehead atoms. The van der Waals surface area contributed by atoms with Gasteiger partial charge in [-0.2, -0.15) is 5.10 Å². The number of rotatable bonds is 5. The van der Waals surface area contributed by atoms with Crippen LogP contribution in [0.3, 0.4) is 0 Å². The second-order valence-electron chi connectivity index (χ2n) is 7.68. The van der Waals surface area contributed by atoms with Crippen LogP contribution in [0.15, 0.2) is 91.3 Å². The Hall–Kier alpha value is -3.99. The highest BCUT2D eigenvalue weighted by Crippen LogP contribution is 2.33. The van der Waals surface area contributed by atoms with Crippen molar-refractivity contribution in [2.45, 2.75) is 19.9 Å². The van der Waals surface area contributed by atoms with Crippen LogP contribution in [0.1, 0.15) is 24.1 Å². The van der Waals surface area contributed by atoms with Crippen LogP contribution < -0.4 is 5.32 Å². The Kier molecular flexibility index (Phi) is 4.92. The van der Waals surface area contributed by atoms with Gasteiger partial charge in [-0.25, -0.2) is 14.5 Å². The molecule has 3 aromatic heterocycles. The number of aromatic nitrogens is 4. The minimum Gasteiger partial charge on any atom is -0.364 e. The lowest BCUT2D eigenvalue weighted by Crippen LogP contribution is -2.07. The summed E-state index contributed by atoms with van der Waals surface area (Å²) in [6.07, 6.45) is 3.62. The number of aryl methyl sites for hydroxylation is 1. The van der Waals surface area contributed by atoms with Gasteiger partial charge < -0.3 is 5.32 Å². The third-order valence-electron chi connectivity index (χ3n) is 5.38. The Morgan fingerprint density at radius 2 is 1.71 bits per heavy atom. The Balaban J connectivity index is 1.60. The van der Waals surface area contributed by atoms with Gasteiger partial charge in [0.1, 0.15) is 11.5 Å². The molecule has 5 heteroatoms. The molecule has 0 aliphatic carbocycles. The van der Waals surface area contributed by atoms with Crippen LogP contribution in [0.2, 0.25) is 0 Å². The number of hydrogen-bond acceptors (Lipinski definition) is 4. The molecular formula is C26H23N5. The van der Waals surface area contributed by atoms with Crippen molar-refractivity contribution >= 4 is 11.5 Å². The van der Waals surface area contributed by atoms with E-state index in [2.05, 4.69) is 83.8 Å². The van der Waals surface area contributed by atoms with E-state index in [9.17, 15) is 0 Å². The van der Waals surface area contributed by atoms with Gasteiger partial charge in [-0.3, -0.25) is 0 Å². The van der Waals surface area contributed by atoms with E-state index in [0.717, 1.165) is 34.0 Å². The van der Waals surface area contributed by atoms with Gasteiger partial charge >= 0.3 is 0 Å². The van der Waals surface area contributed by atoms with E-state index < -0.39 is 0 Å². The number of imidazole rings is 1. The zero-order valence-electron chi connectivity index (χ0n) is 17.5. The van der Waals surface area contributed by atoms with Crippen molar-refractivity contribution in [3.05, 3.63) is 102 Å². The highest BCUT2D eigenvalue weighted by Gasteiger charge is 2.18. The molecule has 0 amide bonds. The maximum atomic E-state index is 4.90. The summed E-state index contributed by atoms with van der Waals surface area (Å²) in [5.74, 6) is 0.815. The first-order chi connectivity index (χ1) is 15.2. The summed E-state index contributed by atoms with van der Waals surface area (Å²) >= 11 is 0. The van der Waals surface area contributed by atoms with E-state index in [1.54, 1.807) is 6.20 Å². The number of benzene rings is 2. The van der Waals surface area contributed by atoms with Gasteiger partial charge in [-0.05, 0) is 49.7 Å². The summed E-state index contributed by atoms with van der Waals surface area (Å²) in [6.45, 7) is 4.23. The number of fused-ring (bicyclic) bond motifs is 1. The molecular weight excluding hydrogens is 382 g/mol. The van der Waals surface area contributed by atoms with Crippen LogP contribution in [-0.2, 0) is 0 Å². The van der Waals surface area contributed by atoms with Crippen molar-refractivity contribution in [2.24, 2.45) is 0 Å². The number of nitrogens with one attached hydrogen (secondary N) is 1. The molecule has 5 aromatic rings. The SMILES string of the molecule is Cc1cccc(-c2nc3cccnn3c2-c2ccnc(N[C@H](C)c3ccccc3)c2)c1. The smallest absolute Gasteiger partial charge is 0.154 e. The zero-order valence-corrected chi connectivity index (χ0v) is 17.5. The van der Waals surface area contributed by atoms with E-state index in [1.165, 1.54) is 11.1 Å². The summed E-state index contributed by atoms with van der Waals surface area (Å²) in [4.78, 5) is 9.45. The van der Waals surface area contributed by atoms with Gasteiger partial charge in [-0.15, -0.1) is 0 Å². The average Bonchev–Trinajstić information content (AvgIpc) is 3.19. The van der Waals surface area contributed by atoms with Crippen LogP contribution >= 0.6 is 0 Å². The summed E-state index contributed by atoms with van der Waals surface area (Å²) < 4.78 is 1.90. The molecule has 0 unspecified atom stereocenters. The van der Waals surface area contributed by atoms with E-state index in [1.807, 2.05) is 35.0 Å². The van der Waals surface area contributed by atoms with Gasteiger partial charge in [0.25, 0.3) is 0 Å². The molecule has 1 atom stereocenters. The Morgan fingerprint density at radius 3 is 2.55 bits per heavy atom. The van der Waals surface area contributed by atoms with Crippen molar-refractivity contribution in [1.29, 1.82) is 0 Å². The molecule has 0 spiro atoms. The summed E-state index contributed by atoms with van der Waals surface area (Å²) in [5.41, 5.74) is 7.19. The summed E-state index contributed by atoms with van der Waals surface area (Å²) in [7, 11) is 0. The van der Waals surface area contributed by atoms with E-state index in [0.29, 0.717) is 0 Å². The van der Waals surface area contributed by atoms with Crippen LogP contribution in [0, 0.1) is 6.92 Å². The third kappa shape index (κ3) is 3.78. The third-order valence-corrected chi connectivity index (χ3v) is 5.38. The predicted octanol–water partition coefficient (Wildman–Crippen LogP) is 5.94. The molecule has 3 heterocycles. The number of hydrogen-bond donors (Lipinski definition) is 1. The van der Waals surface area contributed by atoms with Crippen LogP contribution in [0.25, 0.3) is 28.2 Å². The lowest BCUT2D eigenvalue weighted by molar-refractivity contribution is 0.874. The molecule has 0 radical (unpaired) electrons. The van der Waals surface area contributed by atoms with Crippen molar-refractivity contribution in [3.63, 3.8) is 0 Å². The fourth-order valence-corrected chi connectivity index (χ4v) is 3.85. The van der Waals surface area contributed by atoms with Crippen LogP contribution in [0.4, 0.5) is 5.82 Å². The van der Waals surface area contributed by atoms with Crippen molar-refractivity contribution in [3.8, 4) is 22.5 Å². The maximum Gasteiger partial charge on any atom is 0.154 e. The lowest BCUT2D eigenvalue weighted by atomic mass is 10.0. The molecule has 0 aliphatic rings. The quantitative estimate of drug-likeness (QED) is 0.393. The Bertz CT molecular complexity index is 1340. The lowest BCUT2D eigenvalue weighted by Gasteiger charge is -2.15. The van der Waals surface area contributed by atoms with Gasteiger partial charge in [-0.1, -0.05) is 54.1 Å². The molecule has 31 heavy (non-hydrogen) atoms. The average molecular weight is 406 g/mol. The molecule has 5 nitrogen and oxygen atoms in total. The predicted molar refractivity (Wildman–Crippen MR) is 125 cm³/mol. The first kappa shape index (κ1) is 19.0. The molecule has 0 saturated carbocycles. The molecule has 1 N–H and O–H groups in total. The summed E-state index contributed by atoms with van der Waals surface area (Å²) in [6, 6.07) is 26.9. The highest BCUT2D eigenvalue weighted by atomic mass is 15.3. The molecule has 5 rings (SSSR count). The second-order valence-corrected chi connectivity index (χ2v) is 7.68. The Labute approximate surface area is 181 Å².